The molecule has 0 aliphatic heterocycles. The van der Waals surface area contributed by atoms with E-state index in [0.29, 0.717) is 11.1 Å². The predicted molar refractivity (Wildman–Crippen MR) is 50.1 cm³/mol. The highest BCUT2D eigenvalue weighted by atomic mass is 14.3. The molecule has 0 radical (unpaired) electrons. The van der Waals surface area contributed by atoms with Gasteiger partial charge >= 0.3 is 0 Å². The quantitative estimate of drug-likeness (QED) is 0.601. The Morgan fingerprint density at radius 3 is 1.69 bits per heavy atom. The van der Waals surface area contributed by atoms with Gasteiger partial charge in [0.05, 0.1) is 24.6 Å². The Labute approximate surface area is 79.4 Å². The molecule has 0 amide bonds. The third-order valence-electron chi connectivity index (χ3n) is 2.35. The number of hydrogen-bond donors (Lipinski definition) is 0. The normalized spacial score (nSPS) is 10.1. The van der Waals surface area contributed by atoms with Crippen molar-refractivity contribution in [1.82, 2.24) is 0 Å². The summed E-state index contributed by atoms with van der Waals surface area (Å²) in [6.07, 6.45) is 0. The van der Waals surface area contributed by atoms with Gasteiger partial charge < -0.3 is 0 Å². The molecule has 0 heterocycles. The van der Waals surface area contributed by atoms with Crippen molar-refractivity contribution in [3.63, 3.8) is 0 Å². The van der Waals surface area contributed by atoms with Crippen LogP contribution in [0.4, 0.5) is 0 Å². The molecule has 0 spiro atoms. The third-order valence-corrected chi connectivity index (χ3v) is 2.35. The maximum Gasteiger partial charge on any atom is 0.0994 e. The number of rotatable bonds is 0. The fourth-order valence-corrected chi connectivity index (χ4v) is 1.19. The number of nitrogens with zero attached hydrogens (tertiary/aromatic N) is 2. The standard InChI is InChI=1S/C11H10N2/c1-7-8(2)10(5-12)4-11(6-13)9(7)3/h4H,1-3H3/i4D. The molecule has 0 aliphatic rings. The van der Waals surface area contributed by atoms with Crippen molar-refractivity contribution >= 4 is 0 Å². The smallest absolute Gasteiger partial charge is 0.0994 e. The first-order valence-electron chi connectivity index (χ1n) is 4.45. The summed E-state index contributed by atoms with van der Waals surface area (Å²) in [6.45, 7) is 5.48. The van der Waals surface area contributed by atoms with Crippen molar-refractivity contribution in [2.24, 2.45) is 0 Å². The van der Waals surface area contributed by atoms with E-state index in [0.717, 1.165) is 16.7 Å². The first-order valence-corrected chi connectivity index (χ1v) is 3.95. The minimum atomic E-state index is 0.0515. The lowest BCUT2D eigenvalue weighted by Gasteiger charge is -2.07. The average molecular weight is 171 g/mol. The molecule has 1 aromatic rings. The van der Waals surface area contributed by atoms with Gasteiger partial charge in [-0.1, -0.05) is 0 Å². The average Bonchev–Trinajstić information content (AvgIpc) is 2.16. The number of hydrogen-bond acceptors (Lipinski definition) is 2. The van der Waals surface area contributed by atoms with E-state index in [4.69, 9.17) is 11.9 Å². The van der Waals surface area contributed by atoms with E-state index < -0.39 is 0 Å². The first-order chi connectivity index (χ1) is 6.54. The Morgan fingerprint density at radius 2 is 1.38 bits per heavy atom. The van der Waals surface area contributed by atoms with Gasteiger partial charge in [-0.05, 0) is 43.5 Å². The van der Waals surface area contributed by atoms with E-state index in [-0.39, 0.29) is 6.04 Å². The Balaban J connectivity index is 3.78. The molecule has 13 heavy (non-hydrogen) atoms. The lowest BCUT2D eigenvalue weighted by atomic mass is 9.95. The molecule has 0 atom stereocenters. The van der Waals surface area contributed by atoms with Crippen LogP contribution in [0.2, 0.25) is 0 Å². The second kappa shape index (κ2) is 3.29. The Morgan fingerprint density at radius 1 is 1.00 bits per heavy atom. The van der Waals surface area contributed by atoms with E-state index in [2.05, 4.69) is 0 Å². The fourth-order valence-electron chi connectivity index (χ4n) is 1.19. The zero-order chi connectivity index (χ0) is 10.9. The number of benzene rings is 1. The van der Waals surface area contributed by atoms with Gasteiger partial charge in [0.1, 0.15) is 0 Å². The molecule has 2 heteroatoms. The second-order valence-corrected chi connectivity index (χ2v) is 2.97. The van der Waals surface area contributed by atoms with Gasteiger partial charge in [0, 0.05) is 0 Å². The summed E-state index contributed by atoms with van der Waals surface area (Å²) < 4.78 is 7.68. The summed E-state index contributed by atoms with van der Waals surface area (Å²) in [5.74, 6) is 0. The molecule has 0 aliphatic carbocycles. The van der Waals surface area contributed by atoms with Gasteiger partial charge in [-0.25, -0.2) is 0 Å². The zero-order valence-electron chi connectivity index (χ0n) is 8.89. The summed E-state index contributed by atoms with van der Waals surface area (Å²) in [6, 6.07) is 3.99. The molecule has 0 saturated carbocycles. The van der Waals surface area contributed by atoms with Crippen LogP contribution in [0.1, 0.15) is 29.2 Å². The molecule has 0 fully saturated rings. The van der Waals surface area contributed by atoms with Crippen LogP contribution in [0.15, 0.2) is 6.04 Å². The van der Waals surface area contributed by atoms with Gasteiger partial charge in [-0.2, -0.15) is 10.5 Å². The molecule has 0 saturated heterocycles. The van der Waals surface area contributed by atoms with E-state index in [1.807, 2.05) is 19.1 Å². The van der Waals surface area contributed by atoms with Crippen LogP contribution >= 0.6 is 0 Å². The predicted octanol–water partition coefficient (Wildman–Crippen LogP) is 2.36. The van der Waals surface area contributed by atoms with Gasteiger partial charge in [0.2, 0.25) is 0 Å². The Bertz CT molecular complexity index is 435. The molecule has 0 aromatic heterocycles. The van der Waals surface area contributed by atoms with Crippen LogP contribution in [0.5, 0.6) is 0 Å². The molecular weight excluding hydrogens is 160 g/mol. The van der Waals surface area contributed by atoms with Crippen LogP contribution in [-0.2, 0) is 0 Å². The highest BCUT2D eigenvalue weighted by Gasteiger charge is 2.08. The Kier molecular flexibility index (Phi) is 1.98. The molecule has 0 unspecified atom stereocenters. The molecule has 1 aromatic carbocycles. The van der Waals surface area contributed by atoms with Crippen molar-refractivity contribution in [3.05, 3.63) is 33.9 Å². The van der Waals surface area contributed by atoms with Crippen LogP contribution in [0.25, 0.3) is 0 Å². The topological polar surface area (TPSA) is 47.6 Å². The highest BCUT2D eigenvalue weighted by molar-refractivity contribution is 5.53. The van der Waals surface area contributed by atoms with E-state index in [1.165, 1.54) is 0 Å². The third kappa shape index (κ3) is 1.39. The molecule has 64 valence electrons. The van der Waals surface area contributed by atoms with E-state index in [1.54, 1.807) is 13.8 Å². The van der Waals surface area contributed by atoms with Gasteiger partial charge in [0.15, 0.2) is 0 Å². The lowest BCUT2D eigenvalue weighted by Crippen LogP contribution is -1.95. The Hall–Kier alpha value is -1.80. The van der Waals surface area contributed by atoms with E-state index >= 15 is 0 Å². The lowest BCUT2D eigenvalue weighted by molar-refractivity contribution is 1.23. The zero-order valence-corrected chi connectivity index (χ0v) is 7.89. The summed E-state index contributed by atoms with van der Waals surface area (Å²) >= 11 is 0. The monoisotopic (exact) mass is 171 g/mol. The minimum absolute atomic E-state index is 0.0515. The molecular formula is C11H10N2. The summed E-state index contributed by atoms with van der Waals surface area (Å²) in [5, 5.41) is 17.7. The van der Waals surface area contributed by atoms with Crippen molar-refractivity contribution in [3.8, 4) is 12.1 Å². The van der Waals surface area contributed by atoms with Crippen LogP contribution in [0, 0.1) is 43.4 Å². The second-order valence-electron chi connectivity index (χ2n) is 2.97. The molecule has 0 N–H and O–H groups in total. The summed E-state index contributed by atoms with van der Waals surface area (Å²) in [7, 11) is 0. The van der Waals surface area contributed by atoms with Crippen molar-refractivity contribution in [2.75, 3.05) is 0 Å². The maximum atomic E-state index is 8.86. The highest BCUT2D eigenvalue weighted by Crippen LogP contribution is 2.20. The van der Waals surface area contributed by atoms with Crippen molar-refractivity contribution < 1.29 is 1.37 Å². The van der Waals surface area contributed by atoms with Gasteiger partial charge in [-0.3, -0.25) is 0 Å². The first kappa shape index (κ1) is 7.83. The van der Waals surface area contributed by atoms with Crippen LogP contribution in [-0.4, -0.2) is 0 Å². The molecule has 1 rings (SSSR count). The summed E-state index contributed by atoms with van der Waals surface area (Å²) in [4.78, 5) is 0. The SMILES string of the molecule is [2H]c1c(C#N)c(C)c(C)c(C)c1C#N. The maximum absolute atomic E-state index is 8.86. The number of nitriles is 2. The molecule has 0 bridgehead atoms. The van der Waals surface area contributed by atoms with Crippen LogP contribution < -0.4 is 0 Å². The van der Waals surface area contributed by atoms with Crippen LogP contribution in [0.3, 0.4) is 0 Å². The van der Waals surface area contributed by atoms with Gasteiger partial charge in [0.25, 0.3) is 0 Å². The molecule has 2 nitrogen and oxygen atoms in total. The fraction of sp³-hybridized carbons (Fsp3) is 0.273. The van der Waals surface area contributed by atoms with Crippen molar-refractivity contribution in [1.29, 1.82) is 10.5 Å². The van der Waals surface area contributed by atoms with E-state index in [9.17, 15) is 0 Å². The minimum Gasteiger partial charge on any atom is -0.192 e. The summed E-state index contributed by atoms with van der Waals surface area (Å²) in [5.41, 5.74) is 3.14. The van der Waals surface area contributed by atoms with Gasteiger partial charge in [-0.15, -0.1) is 0 Å². The van der Waals surface area contributed by atoms with Crippen molar-refractivity contribution in [2.45, 2.75) is 20.8 Å². The largest absolute Gasteiger partial charge is 0.192 e.